The summed E-state index contributed by atoms with van der Waals surface area (Å²) in [5, 5.41) is 0. The van der Waals surface area contributed by atoms with E-state index in [1.54, 1.807) is 11.3 Å². The Morgan fingerprint density at radius 1 is 1.58 bits per heavy atom. The molecular formula is C15H16N2OS. The van der Waals surface area contributed by atoms with E-state index < -0.39 is 0 Å². The molecular weight excluding hydrogens is 256 g/mol. The van der Waals surface area contributed by atoms with Crippen LogP contribution in [0.3, 0.4) is 0 Å². The van der Waals surface area contributed by atoms with Gasteiger partial charge in [-0.2, -0.15) is 4.99 Å². The third kappa shape index (κ3) is 2.40. The second-order valence-electron chi connectivity index (χ2n) is 4.98. The van der Waals surface area contributed by atoms with E-state index in [1.807, 2.05) is 6.08 Å². The largest absolute Gasteiger partial charge is 0.313 e. The molecule has 0 N–H and O–H groups in total. The van der Waals surface area contributed by atoms with Gasteiger partial charge in [-0.3, -0.25) is 4.79 Å². The summed E-state index contributed by atoms with van der Waals surface area (Å²) in [5.41, 5.74) is 2.34. The molecule has 0 radical (unpaired) electrons. The summed E-state index contributed by atoms with van der Waals surface area (Å²) in [4.78, 5) is 17.0. The van der Waals surface area contributed by atoms with E-state index in [-0.39, 0.29) is 11.8 Å². The summed E-state index contributed by atoms with van der Waals surface area (Å²) in [7, 11) is 0. The van der Waals surface area contributed by atoms with Crippen LogP contribution in [0.25, 0.3) is 10.2 Å². The molecule has 3 rings (SSSR count). The molecule has 0 aliphatic heterocycles. The number of aryl methyl sites for hydroxylation is 1. The molecule has 1 fully saturated rings. The summed E-state index contributed by atoms with van der Waals surface area (Å²) >= 11 is 1.58. The van der Waals surface area contributed by atoms with Crippen molar-refractivity contribution in [3.63, 3.8) is 0 Å². The smallest absolute Gasteiger partial charge is 0.251 e. The molecule has 1 heterocycles. The highest BCUT2D eigenvalue weighted by atomic mass is 32.1. The van der Waals surface area contributed by atoms with Crippen LogP contribution >= 0.6 is 11.3 Å². The van der Waals surface area contributed by atoms with Crippen LogP contribution in [-0.4, -0.2) is 10.5 Å². The van der Waals surface area contributed by atoms with Gasteiger partial charge in [0.15, 0.2) is 4.80 Å². The van der Waals surface area contributed by atoms with Gasteiger partial charge in [0.1, 0.15) is 0 Å². The number of hydrogen-bond acceptors (Lipinski definition) is 2. The SMILES string of the molecule is C=CCn1c(=NC(=O)C2CC2)sc2cc(C)ccc21. The normalized spacial score (nSPS) is 15.9. The van der Waals surface area contributed by atoms with Crippen LogP contribution in [0, 0.1) is 12.8 Å². The lowest BCUT2D eigenvalue weighted by Gasteiger charge is -2.00. The van der Waals surface area contributed by atoms with Crippen LogP contribution in [-0.2, 0) is 11.3 Å². The van der Waals surface area contributed by atoms with Crippen LogP contribution in [0.2, 0.25) is 0 Å². The number of fused-ring (bicyclic) bond motifs is 1. The maximum Gasteiger partial charge on any atom is 0.251 e. The average molecular weight is 272 g/mol. The van der Waals surface area contributed by atoms with Crippen LogP contribution in [0.15, 0.2) is 35.8 Å². The first-order valence-corrected chi connectivity index (χ1v) is 7.30. The topological polar surface area (TPSA) is 34.4 Å². The Morgan fingerprint density at radius 2 is 2.37 bits per heavy atom. The minimum Gasteiger partial charge on any atom is -0.313 e. The summed E-state index contributed by atoms with van der Waals surface area (Å²) in [6, 6.07) is 6.31. The number of benzene rings is 1. The van der Waals surface area contributed by atoms with E-state index in [0.29, 0.717) is 6.54 Å². The Kier molecular flexibility index (Phi) is 3.11. The summed E-state index contributed by atoms with van der Waals surface area (Å²) in [6.45, 7) is 6.54. The lowest BCUT2D eigenvalue weighted by atomic mass is 10.2. The van der Waals surface area contributed by atoms with Gasteiger partial charge in [-0.1, -0.05) is 23.5 Å². The monoisotopic (exact) mass is 272 g/mol. The lowest BCUT2D eigenvalue weighted by Crippen LogP contribution is -2.16. The molecule has 0 bridgehead atoms. The Labute approximate surface area is 115 Å². The Balaban J connectivity index is 2.18. The lowest BCUT2D eigenvalue weighted by molar-refractivity contribution is -0.119. The maximum absolute atomic E-state index is 11.9. The number of carbonyl (C=O) groups is 1. The van der Waals surface area contributed by atoms with Crippen LogP contribution in [0.4, 0.5) is 0 Å². The predicted octanol–water partition coefficient (Wildman–Crippen LogP) is 3.03. The standard InChI is InChI=1S/C15H16N2OS/c1-3-8-17-12-7-4-10(2)9-13(12)19-15(17)16-14(18)11-5-6-11/h3-4,7,9,11H,1,5-6,8H2,2H3. The molecule has 3 nitrogen and oxygen atoms in total. The van der Waals surface area contributed by atoms with Crippen molar-refractivity contribution in [3.8, 4) is 0 Å². The summed E-state index contributed by atoms with van der Waals surface area (Å²) in [6.07, 6.45) is 3.83. The molecule has 1 aliphatic rings. The molecule has 1 aliphatic carbocycles. The summed E-state index contributed by atoms with van der Waals surface area (Å²) in [5.74, 6) is 0.199. The first kappa shape index (κ1) is 12.4. The fraction of sp³-hybridized carbons (Fsp3) is 0.333. The molecule has 2 aromatic rings. The number of carbonyl (C=O) groups excluding carboxylic acids is 1. The maximum atomic E-state index is 11.9. The highest BCUT2D eigenvalue weighted by Crippen LogP contribution is 2.30. The number of allylic oxidation sites excluding steroid dienone is 1. The Hall–Kier alpha value is -1.68. The number of hydrogen-bond donors (Lipinski definition) is 0. The van der Waals surface area contributed by atoms with Gasteiger partial charge in [0.2, 0.25) is 0 Å². The minimum absolute atomic E-state index is 0.0288. The van der Waals surface area contributed by atoms with Gasteiger partial charge in [-0.15, -0.1) is 6.58 Å². The molecule has 1 saturated carbocycles. The molecule has 0 unspecified atom stereocenters. The Morgan fingerprint density at radius 3 is 3.05 bits per heavy atom. The van der Waals surface area contributed by atoms with Gasteiger partial charge in [-0.05, 0) is 37.5 Å². The van der Waals surface area contributed by atoms with Gasteiger partial charge >= 0.3 is 0 Å². The minimum atomic E-state index is 0.0288. The molecule has 4 heteroatoms. The van der Waals surface area contributed by atoms with Gasteiger partial charge in [0.05, 0.1) is 10.2 Å². The van der Waals surface area contributed by atoms with Crippen molar-refractivity contribution in [1.29, 1.82) is 0 Å². The number of amides is 1. The van der Waals surface area contributed by atoms with Gasteiger partial charge < -0.3 is 4.57 Å². The number of nitrogens with zero attached hydrogens (tertiary/aromatic N) is 2. The van der Waals surface area contributed by atoms with E-state index in [0.717, 1.165) is 23.2 Å². The zero-order valence-electron chi connectivity index (χ0n) is 10.9. The Bertz CT molecular complexity index is 719. The van der Waals surface area contributed by atoms with Gasteiger partial charge in [0.25, 0.3) is 5.91 Å². The highest BCUT2D eigenvalue weighted by Gasteiger charge is 2.29. The third-order valence-electron chi connectivity index (χ3n) is 3.28. The van der Waals surface area contributed by atoms with E-state index >= 15 is 0 Å². The van der Waals surface area contributed by atoms with Crippen LogP contribution < -0.4 is 4.80 Å². The number of aromatic nitrogens is 1. The van der Waals surface area contributed by atoms with Crippen molar-refractivity contribution in [3.05, 3.63) is 41.2 Å². The third-order valence-corrected chi connectivity index (χ3v) is 4.32. The summed E-state index contributed by atoms with van der Waals surface area (Å²) < 4.78 is 3.23. The van der Waals surface area contributed by atoms with E-state index in [4.69, 9.17) is 0 Å². The molecule has 0 atom stereocenters. The predicted molar refractivity (Wildman–Crippen MR) is 78.0 cm³/mol. The highest BCUT2D eigenvalue weighted by molar-refractivity contribution is 7.16. The average Bonchev–Trinajstić information content (AvgIpc) is 3.16. The molecule has 19 heavy (non-hydrogen) atoms. The quantitative estimate of drug-likeness (QED) is 0.791. The second kappa shape index (κ2) is 4.78. The van der Waals surface area contributed by atoms with Crippen molar-refractivity contribution < 1.29 is 4.79 Å². The molecule has 1 amide bonds. The van der Waals surface area contributed by atoms with Crippen molar-refractivity contribution >= 4 is 27.5 Å². The molecule has 0 spiro atoms. The zero-order valence-corrected chi connectivity index (χ0v) is 11.7. The first-order valence-electron chi connectivity index (χ1n) is 6.48. The van der Waals surface area contributed by atoms with E-state index in [2.05, 4.69) is 41.3 Å². The zero-order chi connectivity index (χ0) is 13.4. The first-order chi connectivity index (χ1) is 9.19. The molecule has 98 valence electrons. The second-order valence-corrected chi connectivity index (χ2v) is 5.99. The van der Waals surface area contributed by atoms with Gasteiger partial charge in [0, 0.05) is 12.5 Å². The van der Waals surface area contributed by atoms with Gasteiger partial charge in [-0.25, -0.2) is 0 Å². The van der Waals surface area contributed by atoms with Crippen molar-refractivity contribution in [2.45, 2.75) is 26.3 Å². The molecule has 1 aromatic carbocycles. The number of thiazole rings is 1. The van der Waals surface area contributed by atoms with E-state index in [9.17, 15) is 4.79 Å². The van der Waals surface area contributed by atoms with Crippen LogP contribution in [0.5, 0.6) is 0 Å². The van der Waals surface area contributed by atoms with Crippen molar-refractivity contribution in [2.75, 3.05) is 0 Å². The van der Waals surface area contributed by atoms with E-state index in [1.165, 1.54) is 10.3 Å². The van der Waals surface area contributed by atoms with Crippen molar-refractivity contribution in [1.82, 2.24) is 4.57 Å². The molecule has 1 aromatic heterocycles. The fourth-order valence-corrected chi connectivity index (χ4v) is 3.23. The number of rotatable bonds is 3. The molecule has 0 saturated heterocycles. The van der Waals surface area contributed by atoms with Crippen molar-refractivity contribution in [2.24, 2.45) is 10.9 Å². The van der Waals surface area contributed by atoms with Crippen LogP contribution in [0.1, 0.15) is 18.4 Å². The fourth-order valence-electron chi connectivity index (χ4n) is 2.09.